The Morgan fingerprint density at radius 2 is 1.89 bits per heavy atom. The van der Waals surface area contributed by atoms with Crippen molar-refractivity contribution in [2.24, 2.45) is 0 Å². The Morgan fingerprint density at radius 1 is 1.22 bits per heavy atom. The Balaban J connectivity index is 2.81. The molecule has 0 amide bonds. The molecule has 0 saturated carbocycles. The van der Waals surface area contributed by atoms with E-state index in [9.17, 15) is 5.11 Å². The lowest BCUT2D eigenvalue weighted by molar-refractivity contribution is 0.412. The molecule has 0 bridgehead atoms. The number of rotatable bonds is 2. The Bertz CT molecular complexity index is 608. The number of ether oxygens (including phenoxy) is 1. The Kier molecular flexibility index (Phi) is 3.64. The molecule has 3 nitrogen and oxygen atoms in total. The maximum atomic E-state index is 9.41. The molecule has 0 aliphatic carbocycles. The molecule has 96 valence electrons. The van der Waals surface area contributed by atoms with Gasteiger partial charge in [-0.15, -0.1) is 11.3 Å². The van der Waals surface area contributed by atoms with E-state index >= 15 is 0 Å². The molecule has 0 unspecified atom stereocenters. The Hall–Kier alpha value is -1.07. The summed E-state index contributed by atoms with van der Waals surface area (Å²) in [6, 6.07) is 0. The second-order valence-corrected chi connectivity index (χ2v) is 5.76. The summed E-state index contributed by atoms with van der Waals surface area (Å²) in [5, 5.41) is 11.8. The lowest BCUT2D eigenvalue weighted by atomic mass is 9.99. The maximum absolute atomic E-state index is 9.41. The average Bonchev–Trinajstić information content (AvgIpc) is 2.77. The number of aromatic hydroxyl groups is 1. The van der Waals surface area contributed by atoms with Crippen LogP contribution >= 0.6 is 27.3 Å². The van der Waals surface area contributed by atoms with E-state index < -0.39 is 0 Å². The zero-order chi connectivity index (χ0) is 13.4. The van der Waals surface area contributed by atoms with Crippen LogP contribution in [0.2, 0.25) is 0 Å². The zero-order valence-corrected chi connectivity index (χ0v) is 13.1. The quantitative estimate of drug-likeness (QED) is 0.898. The molecule has 0 aliphatic heterocycles. The highest BCUT2D eigenvalue weighted by Crippen LogP contribution is 2.43. The third-order valence-electron chi connectivity index (χ3n) is 3.07. The van der Waals surface area contributed by atoms with Crippen molar-refractivity contribution in [2.75, 3.05) is 7.11 Å². The van der Waals surface area contributed by atoms with Gasteiger partial charge in [0, 0.05) is 4.47 Å². The summed E-state index contributed by atoms with van der Waals surface area (Å²) in [6.45, 7) is 6.10. The lowest BCUT2D eigenvalue weighted by Gasteiger charge is -2.17. The highest BCUT2D eigenvalue weighted by molar-refractivity contribution is 9.10. The highest BCUT2D eigenvalue weighted by Gasteiger charge is 2.20. The molecule has 0 fully saturated rings. The van der Waals surface area contributed by atoms with Crippen molar-refractivity contribution in [1.82, 2.24) is 4.98 Å². The summed E-state index contributed by atoms with van der Waals surface area (Å²) in [6.07, 6.45) is 0. The van der Waals surface area contributed by atoms with E-state index in [1.165, 1.54) is 11.3 Å². The van der Waals surface area contributed by atoms with Gasteiger partial charge >= 0.3 is 0 Å². The van der Waals surface area contributed by atoms with Crippen LogP contribution in [0.3, 0.4) is 0 Å². The van der Waals surface area contributed by atoms with E-state index in [2.05, 4.69) is 27.8 Å². The number of thiazole rings is 1. The molecule has 0 radical (unpaired) electrons. The molecule has 2 aromatic rings. The smallest absolute Gasteiger partial charge is 0.222 e. The van der Waals surface area contributed by atoms with Gasteiger partial charge in [0.2, 0.25) is 5.88 Å². The van der Waals surface area contributed by atoms with Crippen LogP contribution in [0, 0.1) is 20.8 Å². The summed E-state index contributed by atoms with van der Waals surface area (Å²) in [5.74, 6) is 0.869. The van der Waals surface area contributed by atoms with Crippen LogP contribution in [0.1, 0.15) is 16.7 Å². The topological polar surface area (TPSA) is 42.4 Å². The van der Waals surface area contributed by atoms with E-state index in [0.29, 0.717) is 0 Å². The van der Waals surface area contributed by atoms with Gasteiger partial charge < -0.3 is 9.84 Å². The second-order valence-electron chi connectivity index (χ2n) is 4.11. The van der Waals surface area contributed by atoms with Gasteiger partial charge in [0.15, 0.2) is 0 Å². The van der Waals surface area contributed by atoms with Crippen molar-refractivity contribution in [3.8, 4) is 22.2 Å². The number of benzene rings is 1. The van der Waals surface area contributed by atoms with Gasteiger partial charge in [-0.1, -0.05) is 15.9 Å². The normalized spacial score (nSPS) is 10.7. The van der Waals surface area contributed by atoms with Gasteiger partial charge in [0.1, 0.15) is 10.8 Å². The van der Waals surface area contributed by atoms with Crippen LogP contribution < -0.4 is 4.74 Å². The van der Waals surface area contributed by atoms with Crippen molar-refractivity contribution >= 4 is 27.3 Å². The fourth-order valence-electron chi connectivity index (χ4n) is 1.98. The first kappa shape index (κ1) is 13.4. The molecule has 1 aromatic heterocycles. The number of methoxy groups -OCH3 is 1. The predicted octanol–water partition coefficient (Wildman–Crippen LogP) is 4.21. The van der Waals surface area contributed by atoms with Gasteiger partial charge in [-0.25, -0.2) is 4.98 Å². The fraction of sp³-hybridized carbons (Fsp3) is 0.308. The number of hydrogen-bond donors (Lipinski definition) is 1. The summed E-state index contributed by atoms with van der Waals surface area (Å²) in [4.78, 5) is 4.14. The molecule has 1 heterocycles. The van der Waals surface area contributed by atoms with Crippen molar-refractivity contribution in [3.63, 3.8) is 0 Å². The molecule has 1 aromatic carbocycles. The summed E-state index contributed by atoms with van der Waals surface area (Å²) < 4.78 is 6.58. The SMILES string of the molecule is COc1c(C)c(C)c(Br)c(C)c1-c1nc(O)cs1. The first-order valence-electron chi connectivity index (χ1n) is 5.45. The maximum Gasteiger partial charge on any atom is 0.222 e. The first-order valence-corrected chi connectivity index (χ1v) is 7.12. The van der Waals surface area contributed by atoms with Crippen LogP contribution in [0.5, 0.6) is 11.6 Å². The molecule has 0 aliphatic rings. The molecular weight excluding hydrogens is 314 g/mol. The highest BCUT2D eigenvalue weighted by atomic mass is 79.9. The molecule has 1 N–H and O–H groups in total. The molecule has 0 atom stereocenters. The van der Waals surface area contributed by atoms with Crippen LogP contribution in [-0.2, 0) is 0 Å². The monoisotopic (exact) mass is 327 g/mol. The van der Waals surface area contributed by atoms with Gasteiger partial charge in [0.05, 0.1) is 18.1 Å². The number of hydrogen-bond acceptors (Lipinski definition) is 4. The van der Waals surface area contributed by atoms with Crippen molar-refractivity contribution < 1.29 is 9.84 Å². The zero-order valence-electron chi connectivity index (χ0n) is 10.7. The van der Waals surface area contributed by atoms with Gasteiger partial charge in [0.25, 0.3) is 0 Å². The third-order valence-corrected chi connectivity index (χ3v) is 5.11. The Labute approximate surface area is 119 Å². The largest absolute Gasteiger partial charge is 0.496 e. The minimum absolute atomic E-state index is 0.0470. The predicted molar refractivity (Wildman–Crippen MR) is 77.7 cm³/mol. The summed E-state index contributed by atoms with van der Waals surface area (Å²) >= 11 is 5.01. The summed E-state index contributed by atoms with van der Waals surface area (Å²) in [5.41, 5.74) is 4.26. The Morgan fingerprint density at radius 3 is 2.39 bits per heavy atom. The number of nitrogens with zero attached hydrogens (tertiary/aromatic N) is 1. The third kappa shape index (κ3) is 2.01. The van der Waals surface area contributed by atoms with Crippen LogP contribution in [0.25, 0.3) is 10.6 Å². The average molecular weight is 328 g/mol. The molecular formula is C13H14BrNO2S. The fourth-order valence-corrected chi connectivity index (χ4v) is 3.25. The van der Waals surface area contributed by atoms with E-state index in [1.54, 1.807) is 12.5 Å². The minimum Gasteiger partial charge on any atom is -0.496 e. The molecule has 18 heavy (non-hydrogen) atoms. The van der Waals surface area contributed by atoms with Gasteiger partial charge in [-0.2, -0.15) is 0 Å². The van der Waals surface area contributed by atoms with E-state index in [4.69, 9.17) is 4.74 Å². The standard InChI is InChI=1S/C13H14BrNO2S/c1-6-7(2)12(17-4)10(8(3)11(6)14)13-15-9(16)5-18-13/h5,16H,1-4H3. The molecule has 0 saturated heterocycles. The molecule has 0 spiro atoms. The van der Waals surface area contributed by atoms with Crippen molar-refractivity contribution in [3.05, 3.63) is 26.5 Å². The minimum atomic E-state index is 0.0470. The van der Waals surface area contributed by atoms with Crippen molar-refractivity contribution in [1.29, 1.82) is 0 Å². The molecule has 2 rings (SSSR count). The van der Waals surface area contributed by atoms with Crippen LogP contribution in [-0.4, -0.2) is 17.2 Å². The van der Waals surface area contributed by atoms with Crippen LogP contribution in [0.15, 0.2) is 9.85 Å². The van der Waals surface area contributed by atoms with Crippen molar-refractivity contribution in [2.45, 2.75) is 20.8 Å². The van der Waals surface area contributed by atoms with E-state index in [-0.39, 0.29) is 5.88 Å². The molecule has 5 heteroatoms. The summed E-state index contributed by atoms with van der Waals surface area (Å²) in [7, 11) is 1.66. The van der Waals surface area contributed by atoms with E-state index in [0.717, 1.165) is 37.5 Å². The van der Waals surface area contributed by atoms with E-state index in [1.807, 2.05) is 13.8 Å². The van der Waals surface area contributed by atoms with Crippen LogP contribution in [0.4, 0.5) is 0 Å². The first-order chi connectivity index (χ1) is 8.47. The van der Waals surface area contributed by atoms with Gasteiger partial charge in [-0.05, 0) is 37.5 Å². The second kappa shape index (κ2) is 4.90. The lowest BCUT2D eigenvalue weighted by Crippen LogP contribution is -1.98. The van der Waals surface area contributed by atoms with Gasteiger partial charge in [-0.3, -0.25) is 0 Å². The number of halogens is 1. The number of aromatic nitrogens is 1.